The molecule has 10 heteroatoms. The number of nitrogens with zero attached hydrogens (tertiary/aromatic N) is 2. The molecule has 5 rings (SSSR count). The molecule has 1 heterocycles. The van der Waals surface area contributed by atoms with Crippen LogP contribution in [0.15, 0.2) is 91.1 Å². The Bertz CT molecular complexity index is 1940. The maximum atomic E-state index is 12.3. The van der Waals surface area contributed by atoms with Gasteiger partial charge in [-0.05, 0) is 91.6 Å². The van der Waals surface area contributed by atoms with Crippen LogP contribution in [-0.2, 0) is 11.3 Å². The second-order valence-electron chi connectivity index (χ2n) is 11.7. The number of imidazole rings is 1. The van der Waals surface area contributed by atoms with Crippen molar-refractivity contribution in [2.45, 2.75) is 32.9 Å². The minimum atomic E-state index is -0.972. The molecule has 0 aliphatic carbocycles. The van der Waals surface area contributed by atoms with E-state index in [0.717, 1.165) is 27.8 Å². The number of carbonyl (C=O) groups is 2. The lowest BCUT2D eigenvalue weighted by atomic mass is 10.0. The minimum Gasteiger partial charge on any atom is -0.495 e. The average molecular weight is 671 g/mol. The van der Waals surface area contributed by atoms with Gasteiger partial charge in [-0.1, -0.05) is 71.7 Å². The fraction of sp³-hybridized carbons (Fsp3) is 0.162. The van der Waals surface area contributed by atoms with Crippen molar-refractivity contribution in [2.24, 2.45) is 0 Å². The van der Waals surface area contributed by atoms with Gasteiger partial charge < -0.3 is 19.1 Å². The van der Waals surface area contributed by atoms with Gasteiger partial charge in [0.2, 0.25) is 0 Å². The quantitative estimate of drug-likeness (QED) is 0.162. The number of carboxylic acids is 1. The van der Waals surface area contributed by atoms with Crippen LogP contribution < -0.4 is 10.1 Å². The molecule has 0 spiro atoms. The number of aromatic nitrogens is 2. The average Bonchev–Trinajstić information content (AvgIpc) is 3.41. The van der Waals surface area contributed by atoms with Crippen LogP contribution in [0.2, 0.25) is 10.0 Å². The largest absolute Gasteiger partial charge is 0.495 e. The van der Waals surface area contributed by atoms with Crippen molar-refractivity contribution in [3.63, 3.8) is 0 Å². The molecule has 47 heavy (non-hydrogen) atoms. The Kier molecular flexibility index (Phi) is 10.0. The molecule has 0 bridgehead atoms. The molecule has 5 aromatic rings. The Morgan fingerprint density at radius 2 is 1.62 bits per heavy atom. The predicted molar refractivity (Wildman–Crippen MR) is 187 cm³/mol. The monoisotopic (exact) mass is 669 g/mol. The summed E-state index contributed by atoms with van der Waals surface area (Å²) in [7, 11) is 1.55. The van der Waals surface area contributed by atoms with Crippen LogP contribution in [0.1, 0.15) is 48.1 Å². The highest BCUT2D eigenvalue weighted by molar-refractivity contribution is 6.36. The second kappa shape index (κ2) is 14.2. The van der Waals surface area contributed by atoms with Crippen molar-refractivity contribution in [1.82, 2.24) is 9.55 Å². The number of ether oxygens (including phenoxy) is 2. The number of rotatable bonds is 9. The summed E-state index contributed by atoms with van der Waals surface area (Å²) >= 11 is 12.6. The zero-order chi connectivity index (χ0) is 33.7. The zero-order valence-electron chi connectivity index (χ0n) is 26.3. The summed E-state index contributed by atoms with van der Waals surface area (Å²) in [5.74, 6) is 0.230. The van der Waals surface area contributed by atoms with E-state index in [0.29, 0.717) is 39.5 Å². The first-order valence-electron chi connectivity index (χ1n) is 14.7. The first-order valence-corrected chi connectivity index (χ1v) is 15.5. The lowest BCUT2D eigenvalue weighted by Gasteiger charge is -2.20. The van der Waals surface area contributed by atoms with Crippen LogP contribution in [0, 0.1) is 0 Å². The number of hydrogen-bond donors (Lipinski definition) is 2. The molecular weight excluding hydrogens is 637 g/mol. The lowest BCUT2D eigenvalue weighted by Crippen LogP contribution is -2.27. The highest BCUT2D eigenvalue weighted by Crippen LogP contribution is 2.33. The fourth-order valence-corrected chi connectivity index (χ4v) is 5.32. The summed E-state index contributed by atoms with van der Waals surface area (Å²) in [6.07, 6.45) is 5.25. The molecule has 8 nitrogen and oxygen atoms in total. The van der Waals surface area contributed by atoms with E-state index in [1.54, 1.807) is 70.3 Å². The van der Waals surface area contributed by atoms with Gasteiger partial charge in [-0.2, -0.15) is 0 Å². The molecule has 0 atom stereocenters. The number of methoxy groups -OCH3 is 1. The van der Waals surface area contributed by atoms with Crippen LogP contribution in [0.4, 0.5) is 10.5 Å². The standard InChI is InChI=1S/C37H33Cl2N3O5/c1-37(2,3)47-36(45)41-31-17-14-27(19-33(31)46-4)25-10-5-23(6-11-25)9-18-34-40-32(29-16-15-28(38)20-30(29)39)22-42(34)21-24-7-12-26(13-8-24)35(43)44/h5-20,22H,21H2,1-4H3,(H,41,45)(H,43,44). The third-order valence-electron chi connectivity index (χ3n) is 7.07. The molecule has 0 radical (unpaired) electrons. The van der Waals surface area contributed by atoms with E-state index in [2.05, 4.69) is 5.32 Å². The molecule has 240 valence electrons. The summed E-state index contributed by atoms with van der Waals surface area (Å²) in [6, 6.07) is 25.6. The topological polar surface area (TPSA) is 103 Å². The van der Waals surface area contributed by atoms with Gasteiger partial charge in [0.25, 0.3) is 0 Å². The number of carboxylic acid groups (broad SMARTS) is 1. The van der Waals surface area contributed by atoms with E-state index >= 15 is 0 Å². The normalized spacial score (nSPS) is 11.4. The number of amides is 1. The molecule has 0 saturated heterocycles. The van der Waals surface area contributed by atoms with Gasteiger partial charge in [0, 0.05) is 23.3 Å². The SMILES string of the molecule is COc1cc(-c2ccc(C=Cc3nc(-c4ccc(Cl)cc4Cl)cn3Cc3ccc(C(=O)O)cc3)cc2)ccc1NC(=O)OC(C)(C)C. The summed E-state index contributed by atoms with van der Waals surface area (Å²) in [5, 5.41) is 13.0. The maximum Gasteiger partial charge on any atom is 0.412 e. The molecule has 2 N–H and O–H groups in total. The summed E-state index contributed by atoms with van der Waals surface area (Å²) in [5.41, 5.74) is 5.31. The van der Waals surface area contributed by atoms with E-state index in [9.17, 15) is 14.7 Å². The van der Waals surface area contributed by atoms with Gasteiger partial charge in [-0.15, -0.1) is 0 Å². The van der Waals surface area contributed by atoms with Crippen LogP contribution in [0.25, 0.3) is 34.5 Å². The predicted octanol–water partition coefficient (Wildman–Crippen LogP) is 9.80. The number of carbonyl (C=O) groups excluding carboxylic acids is 1. The third kappa shape index (κ3) is 8.61. The first-order chi connectivity index (χ1) is 22.4. The molecule has 0 aliphatic heterocycles. The first kappa shape index (κ1) is 33.3. The summed E-state index contributed by atoms with van der Waals surface area (Å²) in [6.45, 7) is 5.88. The third-order valence-corrected chi connectivity index (χ3v) is 7.62. The van der Waals surface area contributed by atoms with E-state index in [-0.39, 0.29) is 5.56 Å². The molecule has 4 aromatic carbocycles. The summed E-state index contributed by atoms with van der Waals surface area (Å²) < 4.78 is 12.9. The number of halogens is 2. The molecule has 0 unspecified atom stereocenters. The maximum absolute atomic E-state index is 12.3. The Morgan fingerprint density at radius 3 is 2.26 bits per heavy atom. The molecule has 0 aliphatic rings. The molecular formula is C37H33Cl2N3O5. The van der Waals surface area contributed by atoms with Crippen LogP contribution in [-0.4, -0.2) is 39.4 Å². The van der Waals surface area contributed by atoms with Gasteiger partial charge in [-0.3, -0.25) is 5.32 Å². The van der Waals surface area contributed by atoms with Crippen molar-refractivity contribution >= 4 is 53.1 Å². The Labute approximate surface area is 283 Å². The number of hydrogen-bond acceptors (Lipinski definition) is 5. The van der Waals surface area contributed by atoms with E-state index in [1.165, 1.54) is 0 Å². The van der Waals surface area contributed by atoms with Gasteiger partial charge >= 0.3 is 12.1 Å². The minimum absolute atomic E-state index is 0.225. The van der Waals surface area contributed by atoms with E-state index < -0.39 is 17.7 Å². The zero-order valence-corrected chi connectivity index (χ0v) is 27.8. The van der Waals surface area contributed by atoms with Gasteiger partial charge in [-0.25, -0.2) is 14.6 Å². The lowest BCUT2D eigenvalue weighted by molar-refractivity contribution is 0.0633. The second-order valence-corrected chi connectivity index (χ2v) is 12.6. The van der Waals surface area contributed by atoms with Crippen molar-refractivity contribution in [3.05, 3.63) is 124 Å². The van der Waals surface area contributed by atoms with Crippen LogP contribution >= 0.6 is 23.2 Å². The highest BCUT2D eigenvalue weighted by Gasteiger charge is 2.18. The Balaban J connectivity index is 1.38. The Morgan fingerprint density at radius 1 is 0.915 bits per heavy atom. The molecule has 1 amide bonds. The van der Waals surface area contributed by atoms with E-state index in [4.69, 9.17) is 37.7 Å². The smallest absolute Gasteiger partial charge is 0.412 e. The van der Waals surface area contributed by atoms with Crippen molar-refractivity contribution in [3.8, 4) is 28.1 Å². The highest BCUT2D eigenvalue weighted by atomic mass is 35.5. The number of nitrogens with one attached hydrogen (secondary N) is 1. The van der Waals surface area contributed by atoms with Crippen molar-refractivity contribution in [1.29, 1.82) is 0 Å². The number of aromatic carboxylic acids is 1. The molecule has 0 fully saturated rings. The van der Waals surface area contributed by atoms with Gasteiger partial charge in [0.1, 0.15) is 17.2 Å². The van der Waals surface area contributed by atoms with Crippen molar-refractivity contribution in [2.75, 3.05) is 12.4 Å². The van der Waals surface area contributed by atoms with Crippen molar-refractivity contribution < 1.29 is 24.2 Å². The van der Waals surface area contributed by atoms with E-state index in [1.807, 2.05) is 65.4 Å². The molecule has 0 saturated carbocycles. The fourth-order valence-electron chi connectivity index (χ4n) is 4.81. The van der Waals surface area contributed by atoms with Crippen LogP contribution in [0.5, 0.6) is 5.75 Å². The van der Waals surface area contributed by atoms with Gasteiger partial charge in [0.05, 0.1) is 29.1 Å². The van der Waals surface area contributed by atoms with Crippen LogP contribution in [0.3, 0.4) is 0 Å². The summed E-state index contributed by atoms with van der Waals surface area (Å²) in [4.78, 5) is 28.4. The Hall–Kier alpha value is -5.05. The number of anilines is 1. The number of benzene rings is 4. The van der Waals surface area contributed by atoms with Gasteiger partial charge in [0.15, 0.2) is 0 Å². The molecule has 1 aromatic heterocycles.